The lowest BCUT2D eigenvalue weighted by Gasteiger charge is -2.34. The second kappa shape index (κ2) is 6.72. The van der Waals surface area contributed by atoms with Gasteiger partial charge in [0.25, 0.3) is 5.91 Å². The van der Waals surface area contributed by atoms with Crippen molar-refractivity contribution < 1.29 is 9.53 Å². The molecule has 0 bridgehead atoms. The zero-order chi connectivity index (χ0) is 17.1. The molecule has 0 aromatic heterocycles. The van der Waals surface area contributed by atoms with Crippen molar-refractivity contribution in [1.82, 2.24) is 5.32 Å². The van der Waals surface area contributed by atoms with E-state index in [0.29, 0.717) is 0 Å². The molecule has 0 saturated heterocycles. The smallest absolute Gasteiger partial charge is 0.261 e. The average molecular weight is 305 g/mol. The minimum absolute atomic E-state index is 0.0739. The largest absolute Gasteiger partial charge is 0.481 e. The number of aryl methyl sites for hydroxylation is 2. The van der Waals surface area contributed by atoms with Crippen molar-refractivity contribution >= 4 is 5.91 Å². The third-order valence-electron chi connectivity index (χ3n) is 3.45. The van der Waals surface area contributed by atoms with E-state index in [1.807, 2.05) is 32.0 Å². The molecular formula is C19H31NO2. The van der Waals surface area contributed by atoms with Gasteiger partial charge in [0.05, 0.1) is 0 Å². The Hall–Kier alpha value is -1.51. The zero-order valence-electron chi connectivity index (χ0n) is 15.3. The number of amides is 1. The van der Waals surface area contributed by atoms with E-state index in [-0.39, 0.29) is 16.9 Å². The number of hydrogen-bond acceptors (Lipinski definition) is 2. The number of rotatable bonds is 5. The molecule has 3 heteroatoms. The summed E-state index contributed by atoms with van der Waals surface area (Å²) in [5.41, 5.74) is 2.07. The van der Waals surface area contributed by atoms with Crippen molar-refractivity contribution in [2.45, 2.75) is 73.5 Å². The van der Waals surface area contributed by atoms with Crippen LogP contribution in [0.15, 0.2) is 18.2 Å². The SMILES string of the molecule is Cc1ccc(C)c(O[C@H](C)C(=O)NC(C)(C)CC(C)(C)C)c1. The van der Waals surface area contributed by atoms with E-state index in [4.69, 9.17) is 4.74 Å². The highest BCUT2D eigenvalue weighted by Gasteiger charge is 2.29. The van der Waals surface area contributed by atoms with Gasteiger partial charge in [-0.15, -0.1) is 0 Å². The summed E-state index contributed by atoms with van der Waals surface area (Å²) in [5, 5.41) is 3.10. The molecule has 124 valence electrons. The molecule has 1 atom stereocenters. The van der Waals surface area contributed by atoms with Crippen LogP contribution >= 0.6 is 0 Å². The minimum Gasteiger partial charge on any atom is -0.481 e. The summed E-state index contributed by atoms with van der Waals surface area (Å²) in [6.45, 7) is 16.4. The number of ether oxygens (including phenoxy) is 1. The molecule has 1 aromatic rings. The van der Waals surface area contributed by atoms with E-state index in [2.05, 4.69) is 39.9 Å². The van der Waals surface area contributed by atoms with E-state index in [0.717, 1.165) is 23.3 Å². The van der Waals surface area contributed by atoms with E-state index in [9.17, 15) is 4.79 Å². The quantitative estimate of drug-likeness (QED) is 0.875. The second-order valence-corrected chi connectivity index (χ2v) is 8.14. The predicted octanol–water partition coefficient (Wildman–Crippen LogP) is 4.40. The predicted molar refractivity (Wildman–Crippen MR) is 92.3 cm³/mol. The van der Waals surface area contributed by atoms with Gasteiger partial charge in [-0.2, -0.15) is 0 Å². The molecule has 0 saturated carbocycles. The Bertz CT molecular complexity index is 527. The molecule has 0 aliphatic rings. The summed E-state index contributed by atoms with van der Waals surface area (Å²) in [4.78, 5) is 12.4. The molecule has 22 heavy (non-hydrogen) atoms. The fourth-order valence-corrected chi connectivity index (χ4v) is 2.88. The highest BCUT2D eigenvalue weighted by atomic mass is 16.5. The number of hydrogen-bond donors (Lipinski definition) is 1. The molecule has 0 heterocycles. The summed E-state index contributed by atoms with van der Waals surface area (Å²) >= 11 is 0. The molecule has 0 aliphatic heterocycles. The van der Waals surface area contributed by atoms with Crippen LogP contribution in [0.2, 0.25) is 0 Å². The fraction of sp³-hybridized carbons (Fsp3) is 0.632. The lowest BCUT2D eigenvalue weighted by Crippen LogP contribution is -2.50. The van der Waals surface area contributed by atoms with Crippen molar-refractivity contribution in [1.29, 1.82) is 0 Å². The maximum absolute atomic E-state index is 12.4. The van der Waals surface area contributed by atoms with Crippen molar-refractivity contribution in [2.24, 2.45) is 5.41 Å². The summed E-state index contributed by atoms with van der Waals surface area (Å²) < 4.78 is 5.85. The Morgan fingerprint density at radius 2 is 1.77 bits per heavy atom. The van der Waals surface area contributed by atoms with Gasteiger partial charge in [-0.1, -0.05) is 32.9 Å². The van der Waals surface area contributed by atoms with Crippen LogP contribution in [-0.4, -0.2) is 17.6 Å². The highest BCUT2D eigenvalue weighted by Crippen LogP contribution is 2.27. The summed E-state index contributed by atoms with van der Waals surface area (Å²) in [6, 6.07) is 6.03. The van der Waals surface area contributed by atoms with Crippen molar-refractivity contribution in [3.63, 3.8) is 0 Å². The van der Waals surface area contributed by atoms with Crippen LogP contribution in [0.25, 0.3) is 0 Å². The van der Waals surface area contributed by atoms with Crippen molar-refractivity contribution in [3.05, 3.63) is 29.3 Å². The molecule has 0 aliphatic carbocycles. The first-order valence-corrected chi connectivity index (χ1v) is 7.96. The Morgan fingerprint density at radius 1 is 1.18 bits per heavy atom. The third kappa shape index (κ3) is 6.08. The Balaban J connectivity index is 2.71. The molecule has 1 amide bonds. The van der Waals surface area contributed by atoms with Gasteiger partial charge < -0.3 is 10.1 Å². The molecule has 1 rings (SSSR count). The van der Waals surface area contributed by atoms with E-state index in [1.165, 1.54) is 0 Å². The van der Waals surface area contributed by atoms with E-state index in [1.54, 1.807) is 6.92 Å². The van der Waals surface area contributed by atoms with Crippen molar-refractivity contribution in [3.8, 4) is 5.75 Å². The summed E-state index contributed by atoms with van der Waals surface area (Å²) in [6.07, 6.45) is 0.391. The van der Waals surface area contributed by atoms with E-state index < -0.39 is 6.10 Å². The first-order valence-electron chi connectivity index (χ1n) is 7.96. The van der Waals surface area contributed by atoms with Crippen LogP contribution in [-0.2, 0) is 4.79 Å². The maximum Gasteiger partial charge on any atom is 0.261 e. The lowest BCUT2D eigenvalue weighted by molar-refractivity contribution is -0.129. The molecule has 0 radical (unpaired) electrons. The van der Waals surface area contributed by atoms with Gasteiger partial charge in [0.15, 0.2) is 6.10 Å². The van der Waals surface area contributed by atoms with Crippen LogP contribution in [0.5, 0.6) is 5.75 Å². The Morgan fingerprint density at radius 3 is 2.32 bits per heavy atom. The van der Waals surface area contributed by atoms with Gasteiger partial charge in [0.2, 0.25) is 0 Å². The molecule has 3 nitrogen and oxygen atoms in total. The Labute approximate surface area is 135 Å². The lowest BCUT2D eigenvalue weighted by atomic mass is 9.81. The maximum atomic E-state index is 12.4. The van der Waals surface area contributed by atoms with Crippen LogP contribution in [0, 0.1) is 19.3 Å². The molecule has 0 spiro atoms. The van der Waals surface area contributed by atoms with Crippen LogP contribution in [0.3, 0.4) is 0 Å². The summed E-state index contributed by atoms with van der Waals surface area (Å²) in [7, 11) is 0. The van der Waals surface area contributed by atoms with Crippen LogP contribution in [0.4, 0.5) is 0 Å². The fourth-order valence-electron chi connectivity index (χ4n) is 2.88. The molecular weight excluding hydrogens is 274 g/mol. The first-order chi connectivity index (χ1) is 9.89. The topological polar surface area (TPSA) is 38.3 Å². The van der Waals surface area contributed by atoms with Gasteiger partial charge in [0.1, 0.15) is 5.75 Å². The minimum atomic E-state index is -0.514. The molecule has 1 aromatic carbocycles. The molecule has 0 unspecified atom stereocenters. The van der Waals surface area contributed by atoms with E-state index >= 15 is 0 Å². The average Bonchev–Trinajstić information content (AvgIpc) is 2.29. The Kier molecular flexibility index (Phi) is 5.66. The van der Waals surface area contributed by atoms with Gasteiger partial charge in [-0.25, -0.2) is 0 Å². The second-order valence-electron chi connectivity index (χ2n) is 8.14. The van der Waals surface area contributed by atoms with Gasteiger partial charge in [-0.05, 0) is 63.6 Å². The standard InChI is InChI=1S/C19H31NO2/c1-13-9-10-14(2)16(11-13)22-15(3)17(21)20-19(7,8)12-18(4,5)6/h9-11,15H,12H2,1-8H3,(H,20,21)/t15-/m1/s1. The molecule has 0 fully saturated rings. The number of carbonyl (C=O) groups excluding carboxylic acids is 1. The van der Waals surface area contributed by atoms with Gasteiger partial charge in [0, 0.05) is 5.54 Å². The number of nitrogens with one attached hydrogen (secondary N) is 1. The summed E-state index contributed by atoms with van der Waals surface area (Å²) in [5.74, 6) is 0.700. The normalized spacial score (nSPS) is 13.6. The monoisotopic (exact) mass is 305 g/mol. The first kappa shape index (κ1) is 18.5. The van der Waals surface area contributed by atoms with Crippen LogP contribution < -0.4 is 10.1 Å². The van der Waals surface area contributed by atoms with Gasteiger partial charge in [-0.3, -0.25) is 4.79 Å². The number of carbonyl (C=O) groups is 1. The highest BCUT2D eigenvalue weighted by molar-refractivity contribution is 5.81. The third-order valence-corrected chi connectivity index (χ3v) is 3.45. The van der Waals surface area contributed by atoms with Crippen molar-refractivity contribution in [2.75, 3.05) is 0 Å². The number of benzene rings is 1. The van der Waals surface area contributed by atoms with Crippen LogP contribution in [0.1, 0.15) is 59.1 Å². The van der Waals surface area contributed by atoms with Gasteiger partial charge >= 0.3 is 0 Å². The molecule has 1 N–H and O–H groups in total. The zero-order valence-corrected chi connectivity index (χ0v) is 15.3.